The van der Waals surface area contributed by atoms with Gasteiger partial charge in [-0.2, -0.15) is 0 Å². The van der Waals surface area contributed by atoms with Gasteiger partial charge in [-0.15, -0.1) is 0 Å². The van der Waals surface area contributed by atoms with Gasteiger partial charge < -0.3 is 41.2 Å². The van der Waals surface area contributed by atoms with Crippen molar-refractivity contribution in [3.8, 4) is 22.3 Å². The zero-order valence-corrected chi connectivity index (χ0v) is 80.5. The molecule has 6 aromatic heterocycles. The largest absolute Gasteiger partial charge is 0.456 e. The summed E-state index contributed by atoms with van der Waals surface area (Å²) in [6.07, 6.45) is 0. The van der Waals surface area contributed by atoms with Crippen LogP contribution in [0, 0.1) is 6.92 Å². The van der Waals surface area contributed by atoms with Crippen molar-refractivity contribution in [2.45, 2.75) is 59.3 Å². The molecule has 0 aliphatic carbocycles. The van der Waals surface area contributed by atoms with Crippen LogP contribution in [0.25, 0.3) is 219 Å². The van der Waals surface area contributed by atoms with E-state index >= 15 is 0 Å². The molecule has 0 saturated carbocycles. The number of hydrogen-bond donors (Lipinski definition) is 0. The molecule has 0 aliphatic rings. The van der Waals surface area contributed by atoms with Crippen molar-refractivity contribution < 1.29 is 26.5 Å². The van der Waals surface area contributed by atoms with Gasteiger partial charge in [-0.1, -0.05) is 363 Å². The third-order valence-corrected chi connectivity index (χ3v) is 29.3. The second-order valence-corrected chi connectivity index (χ2v) is 40.1. The number of hydrogen-bond acceptors (Lipinski definition) is 9. The van der Waals surface area contributed by atoms with E-state index in [1.165, 1.54) is 65.5 Å². The lowest BCUT2D eigenvalue weighted by molar-refractivity contribution is 0.572. The lowest BCUT2D eigenvalue weighted by Crippen LogP contribution is -2.10. The minimum atomic E-state index is -0.0492. The van der Waals surface area contributed by atoms with Crippen LogP contribution in [0.2, 0.25) is 0 Å². The Kier molecular flexibility index (Phi) is 19.8. The minimum absolute atomic E-state index is 0.0466. The smallest absolute Gasteiger partial charge is 0.139 e. The fourth-order valence-corrected chi connectivity index (χ4v) is 22.6. The van der Waals surface area contributed by atoms with E-state index in [2.05, 4.69) is 512 Å². The molecular formula is C135H95N3O6. The molecule has 0 spiro atoms. The SMILES string of the molecule is CC(C)(C)c1cccc2c1oc1cc(N(c3ccc(-c4ccccc4)cc3)c3cc4oc5ccc6ccccc6c5c4c4ccccc34)ccc12.CC(C)(C)c1cccc2c1oc1cc(N(c3cccc(-c4ccccc4)c3)c3cc4oc5ccc6ccccc6c5c4c4ccccc34)ccc12.Cc1cccc2c1oc1cc(N(c3ccccc3)c3cc4oc5ccc6ccccc6c5c4c4ccccc34)ccc12. The summed E-state index contributed by atoms with van der Waals surface area (Å²) in [4.78, 5) is 7.02. The van der Waals surface area contributed by atoms with E-state index in [9.17, 15) is 0 Å². The second kappa shape index (κ2) is 33.6. The monoisotopic (exact) mass is 1850 g/mol. The van der Waals surface area contributed by atoms with Gasteiger partial charge in [0.2, 0.25) is 0 Å². The highest BCUT2D eigenvalue weighted by atomic mass is 16.3. The maximum atomic E-state index is 6.76. The van der Waals surface area contributed by atoms with Gasteiger partial charge in [0.05, 0.1) is 17.1 Å². The Morgan fingerprint density at radius 3 is 0.847 bits per heavy atom. The van der Waals surface area contributed by atoms with E-state index in [0.717, 1.165) is 221 Å². The summed E-state index contributed by atoms with van der Waals surface area (Å²) < 4.78 is 40.0. The quantitative estimate of drug-likeness (QED) is 0.126. The predicted molar refractivity (Wildman–Crippen MR) is 605 cm³/mol. The van der Waals surface area contributed by atoms with Crippen LogP contribution in [0.15, 0.2) is 475 Å². The first kappa shape index (κ1) is 85.0. The highest BCUT2D eigenvalue weighted by molar-refractivity contribution is 6.32. The number of para-hydroxylation sites is 4. The molecule has 686 valence electrons. The lowest BCUT2D eigenvalue weighted by atomic mass is 9.86. The van der Waals surface area contributed by atoms with Crippen LogP contribution in [-0.4, -0.2) is 0 Å². The van der Waals surface area contributed by atoms with Crippen LogP contribution in [0.1, 0.15) is 58.2 Å². The summed E-state index contributed by atoms with van der Waals surface area (Å²) >= 11 is 0. The van der Waals surface area contributed by atoms with Crippen molar-refractivity contribution in [1.82, 2.24) is 0 Å². The Morgan fingerprint density at radius 2 is 0.444 bits per heavy atom. The van der Waals surface area contributed by atoms with Crippen molar-refractivity contribution in [3.63, 3.8) is 0 Å². The van der Waals surface area contributed by atoms with Gasteiger partial charge in [0.15, 0.2) is 0 Å². The average molecular weight is 1860 g/mol. The zero-order valence-electron chi connectivity index (χ0n) is 80.5. The van der Waals surface area contributed by atoms with Crippen molar-refractivity contribution >= 4 is 247 Å². The standard InChI is InChI=1S/2C48H35NO2.C39H25NO2/c1-48(2,3)40-22-12-21-39-37-25-24-34(28-43(37)51-47(39)40)49(33-17-11-16-32(27-33)30-13-5-4-6-14-30)41-29-44-46(38-20-10-9-19-36(38)41)45-35-18-8-7-15-31(35)23-26-42(45)50-44;1-48(2,3)40-19-11-18-39-37-26-25-34(28-43(37)51-47(39)40)49(33-23-20-31(21-24-33)30-12-5-4-6-13-30)41-29-44-46(38-17-10-9-16-36(38)41)45-35-15-8-7-14-32(35)22-27-42(45)50-44;1-24-10-9-17-32-30-20-19-27(22-35(30)42-39(24)32)40(26-12-3-2-4-13-26)33-23-36-38(31-16-8-7-15-29(31)33)37-28-14-6-5-11-25(28)18-21-34(37)41-36/h2*4-29H,1-3H3;2-23H,1H3. The predicted octanol–water partition coefficient (Wildman–Crippen LogP) is 40.0. The van der Waals surface area contributed by atoms with Crippen molar-refractivity contribution in [1.29, 1.82) is 0 Å². The van der Waals surface area contributed by atoms with E-state index in [1.807, 2.05) is 0 Å². The Bertz CT molecular complexity index is 10200. The molecule has 23 aromatic carbocycles. The van der Waals surface area contributed by atoms with E-state index in [0.29, 0.717) is 0 Å². The van der Waals surface area contributed by atoms with Crippen molar-refractivity contribution in [2.24, 2.45) is 0 Å². The highest BCUT2D eigenvalue weighted by Crippen LogP contribution is 2.54. The first-order chi connectivity index (χ1) is 70.6. The maximum Gasteiger partial charge on any atom is 0.139 e. The summed E-state index contributed by atoms with van der Waals surface area (Å²) in [7, 11) is 0. The molecule has 0 amide bonds. The summed E-state index contributed by atoms with van der Waals surface area (Å²) in [5, 5.41) is 27.8. The topological polar surface area (TPSA) is 88.6 Å². The maximum absolute atomic E-state index is 6.76. The van der Waals surface area contributed by atoms with Gasteiger partial charge in [-0.25, -0.2) is 0 Å². The van der Waals surface area contributed by atoms with E-state index < -0.39 is 0 Å². The molecule has 9 nitrogen and oxygen atoms in total. The molecule has 6 heterocycles. The molecule has 29 rings (SSSR count). The second-order valence-electron chi connectivity index (χ2n) is 40.1. The fraction of sp³-hybridized carbons (Fsp3) is 0.0667. The lowest BCUT2D eigenvalue weighted by Gasteiger charge is -2.27. The molecule has 0 unspecified atom stereocenters. The summed E-state index contributed by atoms with van der Waals surface area (Å²) in [5.74, 6) is 0. The molecule has 29 aromatic rings. The van der Waals surface area contributed by atoms with E-state index in [4.69, 9.17) is 26.5 Å². The average Bonchev–Trinajstić information content (AvgIpc) is 1.55. The van der Waals surface area contributed by atoms with Crippen molar-refractivity contribution in [2.75, 3.05) is 14.7 Å². The summed E-state index contributed by atoms with van der Waals surface area (Å²) in [6.45, 7) is 15.5. The van der Waals surface area contributed by atoms with Gasteiger partial charge in [0.1, 0.15) is 67.0 Å². The summed E-state index contributed by atoms with van der Waals surface area (Å²) in [6, 6.07) is 160. The third kappa shape index (κ3) is 14.1. The number of furan rings is 6. The zero-order chi connectivity index (χ0) is 96.3. The Balaban J connectivity index is 0.000000108. The number of rotatable bonds is 11. The highest BCUT2D eigenvalue weighted by Gasteiger charge is 2.31. The van der Waals surface area contributed by atoms with Crippen LogP contribution >= 0.6 is 0 Å². The molecule has 0 atom stereocenters. The van der Waals surface area contributed by atoms with Gasteiger partial charge in [0, 0.05) is 162 Å². The molecule has 9 heteroatoms. The van der Waals surface area contributed by atoms with Gasteiger partial charge in [-0.05, 0) is 185 Å². The molecule has 0 fully saturated rings. The molecule has 0 saturated heterocycles. The van der Waals surface area contributed by atoms with Crippen LogP contribution in [-0.2, 0) is 10.8 Å². The Labute approximate surface area is 830 Å². The minimum Gasteiger partial charge on any atom is -0.456 e. The molecule has 0 radical (unpaired) electrons. The van der Waals surface area contributed by atoms with Gasteiger partial charge in [-0.3, -0.25) is 0 Å². The molecule has 144 heavy (non-hydrogen) atoms. The number of anilines is 9. The third-order valence-electron chi connectivity index (χ3n) is 29.3. The molecular weight excluding hydrogens is 1760 g/mol. The normalized spacial score (nSPS) is 12.1. The Hall–Kier alpha value is -18.2. The molecule has 0 aliphatic heterocycles. The van der Waals surface area contributed by atoms with E-state index in [-0.39, 0.29) is 10.8 Å². The first-order valence-corrected chi connectivity index (χ1v) is 49.5. The number of aryl methyl sites for hydroxylation is 1. The Morgan fingerprint density at radius 1 is 0.167 bits per heavy atom. The molecule has 0 bridgehead atoms. The summed E-state index contributed by atoms with van der Waals surface area (Å²) in [5.41, 5.74) is 28.2. The fourth-order valence-electron chi connectivity index (χ4n) is 22.6. The van der Waals surface area contributed by atoms with Crippen LogP contribution in [0.5, 0.6) is 0 Å². The first-order valence-electron chi connectivity index (χ1n) is 49.5. The molecule has 0 N–H and O–H groups in total. The van der Waals surface area contributed by atoms with Gasteiger partial charge in [0.25, 0.3) is 0 Å². The van der Waals surface area contributed by atoms with Crippen molar-refractivity contribution in [3.05, 3.63) is 466 Å². The van der Waals surface area contributed by atoms with Crippen LogP contribution in [0.3, 0.4) is 0 Å². The van der Waals surface area contributed by atoms with Gasteiger partial charge >= 0.3 is 0 Å². The number of nitrogens with zero attached hydrogens (tertiary/aromatic N) is 3. The van der Waals surface area contributed by atoms with E-state index in [1.54, 1.807) is 0 Å². The number of benzene rings is 23. The van der Waals surface area contributed by atoms with Crippen LogP contribution in [0.4, 0.5) is 51.2 Å². The number of fused-ring (bicyclic) bond motifs is 30. The van der Waals surface area contributed by atoms with Crippen LogP contribution < -0.4 is 14.7 Å².